The van der Waals surface area contributed by atoms with Gasteiger partial charge in [0.25, 0.3) is 0 Å². The quantitative estimate of drug-likeness (QED) is 0.248. The minimum atomic E-state index is 0.437. The fourth-order valence-corrected chi connectivity index (χ4v) is 4.71. The Kier molecular flexibility index (Phi) is 9.36. The van der Waals surface area contributed by atoms with Crippen LogP contribution in [0.3, 0.4) is 0 Å². The average Bonchev–Trinajstić information content (AvgIpc) is 3.26. The first-order valence-electron chi connectivity index (χ1n) is 11.2. The Morgan fingerprint density at radius 2 is 1.45 bits per heavy atom. The SMILES string of the molecule is CCCCCCCCCCCCOc1nc2c(C)nc(-c3c(Cl)cc(Cl)cc3Cl)n2[nH]1. The van der Waals surface area contributed by atoms with E-state index in [1.807, 2.05) is 6.92 Å². The van der Waals surface area contributed by atoms with Crippen molar-refractivity contribution in [3.63, 3.8) is 0 Å². The second-order valence-corrected chi connectivity index (χ2v) is 9.23. The van der Waals surface area contributed by atoms with E-state index in [4.69, 9.17) is 39.5 Å². The summed E-state index contributed by atoms with van der Waals surface area (Å²) in [6.45, 7) is 4.79. The molecule has 0 amide bonds. The third-order valence-corrected chi connectivity index (χ3v) is 6.22. The lowest BCUT2D eigenvalue weighted by molar-refractivity contribution is 0.281. The number of nitrogens with one attached hydrogen (secondary N) is 1. The van der Waals surface area contributed by atoms with Gasteiger partial charge in [-0.3, -0.25) is 0 Å². The lowest BCUT2D eigenvalue weighted by Crippen LogP contribution is -2.00. The number of aromatic nitrogens is 4. The maximum absolute atomic E-state index is 6.38. The van der Waals surface area contributed by atoms with E-state index < -0.39 is 0 Å². The van der Waals surface area contributed by atoms with Gasteiger partial charge in [0.2, 0.25) is 0 Å². The Bertz CT molecular complexity index is 960. The van der Waals surface area contributed by atoms with Crippen molar-refractivity contribution in [2.75, 3.05) is 6.61 Å². The molecule has 8 heteroatoms. The van der Waals surface area contributed by atoms with E-state index in [0.717, 1.165) is 12.1 Å². The zero-order chi connectivity index (χ0) is 22.2. The molecule has 1 N–H and O–H groups in total. The highest BCUT2D eigenvalue weighted by atomic mass is 35.5. The highest BCUT2D eigenvalue weighted by Gasteiger charge is 2.20. The molecule has 0 spiro atoms. The van der Waals surface area contributed by atoms with Crippen LogP contribution in [0.2, 0.25) is 15.1 Å². The second-order valence-electron chi connectivity index (χ2n) is 7.98. The molecule has 0 aliphatic carbocycles. The summed E-state index contributed by atoms with van der Waals surface area (Å²) in [6, 6.07) is 3.78. The normalized spacial score (nSPS) is 11.5. The lowest BCUT2D eigenvalue weighted by atomic mass is 10.1. The molecule has 31 heavy (non-hydrogen) atoms. The number of imidazole rings is 1. The van der Waals surface area contributed by atoms with Crippen LogP contribution in [0.15, 0.2) is 12.1 Å². The fourth-order valence-electron chi connectivity index (χ4n) is 3.72. The van der Waals surface area contributed by atoms with Crippen LogP contribution in [0.25, 0.3) is 17.0 Å². The zero-order valence-electron chi connectivity index (χ0n) is 18.3. The van der Waals surface area contributed by atoms with E-state index in [9.17, 15) is 0 Å². The smallest absolute Gasteiger partial charge is 0.311 e. The summed E-state index contributed by atoms with van der Waals surface area (Å²) >= 11 is 18.8. The number of halogens is 3. The molecule has 170 valence electrons. The van der Waals surface area contributed by atoms with Crippen molar-refractivity contribution in [2.45, 2.75) is 78.1 Å². The van der Waals surface area contributed by atoms with Crippen molar-refractivity contribution in [2.24, 2.45) is 0 Å². The van der Waals surface area contributed by atoms with Gasteiger partial charge in [0.1, 0.15) is 0 Å². The Morgan fingerprint density at radius 3 is 2.06 bits per heavy atom. The highest BCUT2D eigenvalue weighted by Crippen LogP contribution is 2.37. The van der Waals surface area contributed by atoms with Gasteiger partial charge in [-0.2, -0.15) is 4.98 Å². The Hall–Kier alpha value is -1.43. The molecule has 0 aliphatic rings. The number of aryl methyl sites for hydroxylation is 1. The van der Waals surface area contributed by atoms with Crippen LogP contribution in [0.4, 0.5) is 0 Å². The molecule has 0 radical (unpaired) electrons. The van der Waals surface area contributed by atoms with Crippen LogP contribution >= 0.6 is 34.8 Å². The number of aromatic amines is 1. The number of benzene rings is 1. The first-order valence-corrected chi connectivity index (χ1v) is 12.4. The predicted octanol–water partition coefficient (Wildman–Crippen LogP) is 8.29. The van der Waals surface area contributed by atoms with Crippen molar-refractivity contribution in [1.29, 1.82) is 0 Å². The van der Waals surface area contributed by atoms with Crippen LogP contribution in [0.1, 0.15) is 76.8 Å². The van der Waals surface area contributed by atoms with Crippen LogP contribution in [0, 0.1) is 6.92 Å². The van der Waals surface area contributed by atoms with Gasteiger partial charge in [0.15, 0.2) is 11.5 Å². The van der Waals surface area contributed by atoms with Gasteiger partial charge in [-0.25, -0.2) is 14.6 Å². The van der Waals surface area contributed by atoms with E-state index in [2.05, 4.69) is 22.0 Å². The van der Waals surface area contributed by atoms with Crippen LogP contribution < -0.4 is 4.74 Å². The summed E-state index contributed by atoms with van der Waals surface area (Å²) in [4.78, 5) is 9.10. The van der Waals surface area contributed by atoms with Gasteiger partial charge in [-0.1, -0.05) is 99.5 Å². The Balaban J connectivity index is 1.50. The minimum absolute atomic E-state index is 0.437. The molecule has 3 aromatic rings. The summed E-state index contributed by atoms with van der Waals surface area (Å²) in [6.07, 6.45) is 12.9. The van der Waals surface area contributed by atoms with Crippen molar-refractivity contribution in [3.05, 3.63) is 32.9 Å². The van der Waals surface area contributed by atoms with Crippen molar-refractivity contribution >= 4 is 40.4 Å². The molecular formula is C23H31Cl3N4O. The molecular weight excluding hydrogens is 455 g/mol. The van der Waals surface area contributed by atoms with Crippen LogP contribution in [0.5, 0.6) is 6.01 Å². The van der Waals surface area contributed by atoms with E-state index in [0.29, 0.717) is 44.7 Å². The van der Waals surface area contributed by atoms with Crippen LogP contribution in [-0.4, -0.2) is 26.2 Å². The van der Waals surface area contributed by atoms with Gasteiger partial charge >= 0.3 is 6.01 Å². The summed E-state index contributed by atoms with van der Waals surface area (Å²) < 4.78 is 7.60. The number of unbranched alkanes of at least 4 members (excludes halogenated alkanes) is 9. The van der Waals surface area contributed by atoms with Crippen LogP contribution in [-0.2, 0) is 0 Å². The second kappa shape index (κ2) is 12.0. The van der Waals surface area contributed by atoms with E-state index in [1.54, 1.807) is 16.6 Å². The molecule has 0 aliphatic heterocycles. The number of rotatable bonds is 13. The fraction of sp³-hybridized carbons (Fsp3) is 0.565. The zero-order valence-corrected chi connectivity index (χ0v) is 20.6. The summed E-state index contributed by atoms with van der Waals surface area (Å²) in [7, 11) is 0. The summed E-state index contributed by atoms with van der Waals surface area (Å²) in [5, 5.41) is 4.51. The molecule has 3 rings (SSSR count). The molecule has 2 aromatic heterocycles. The predicted molar refractivity (Wildman–Crippen MR) is 130 cm³/mol. The van der Waals surface area contributed by atoms with Crippen molar-refractivity contribution < 1.29 is 4.74 Å². The number of fused-ring (bicyclic) bond motifs is 1. The Labute approximate surface area is 199 Å². The third kappa shape index (κ3) is 6.53. The average molecular weight is 486 g/mol. The van der Waals surface area contributed by atoms with E-state index in [1.165, 1.54) is 57.8 Å². The number of hydrogen-bond donors (Lipinski definition) is 1. The molecule has 2 heterocycles. The summed E-state index contributed by atoms with van der Waals surface area (Å²) in [5.41, 5.74) is 2.07. The van der Waals surface area contributed by atoms with Gasteiger partial charge < -0.3 is 4.74 Å². The van der Waals surface area contributed by atoms with Gasteiger partial charge in [-0.15, -0.1) is 0 Å². The molecule has 0 saturated carbocycles. The maximum atomic E-state index is 6.38. The van der Waals surface area contributed by atoms with Crippen molar-refractivity contribution in [1.82, 2.24) is 19.6 Å². The highest BCUT2D eigenvalue weighted by molar-refractivity contribution is 6.41. The standard InChI is InChI=1S/C23H31Cl3N4O/c1-3-4-5-6-7-8-9-10-11-12-13-31-23-28-21-16(2)27-22(30(21)29-23)20-18(25)14-17(24)15-19(20)26/h14-15H,3-13H2,1-2H3,(H,28,29). The maximum Gasteiger partial charge on any atom is 0.311 e. The molecule has 0 saturated heterocycles. The van der Waals surface area contributed by atoms with Gasteiger partial charge in [-0.05, 0) is 25.5 Å². The molecule has 0 bridgehead atoms. The number of H-pyrrole nitrogens is 1. The van der Waals surface area contributed by atoms with E-state index in [-0.39, 0.29) is 0 Å². The number of nitrogens with zero attached hydrogens (tertiary/aromatic N) is 3. The number of ether oxygens (including phenoxy) is 1. The molecule has 0 fully saturated rings. The topological polar surface area (TPSA) is 55.2 Å². The van der Waals surface area contributed by atoms with Gasteiger partial charge in [0.05, 0.1) is 27.9 Å². The van der Waals surface area contributed by atoms with Crippen molar-refractivity contribution in [3.8, 4) is 17.4 Å². The molecule has 0 atom stereocenters. The van der Waals surface area contributed by atoms with Gasteiger partial charge in [0, 0.05) is 5.02 Å². The monoisotopic (exact) mass is 484 g/mol. The first kappa shape index (κ1) is 24.2. The summed E-state index contributed by atoms with van der Waals surface area (Å²) in [5.74, 6) is 0.584. The Morgan fingerprint density at radius 1 is 0.871 bits per heavy atom. The molecule has 1 aromatic carbocycles. The lowest BCUT2D eigenvalue weighted by Gasteiger charge is -2.06. The molecule has 5 nitrogen and oxygen atoms in total. The number of hydrogen-bond acceptors (Lipinski definition) is 3. The third-order valence-electron chi connectivity index (χ3n) is 5.40. The largest absolute Gasteiger partial charge is 0.464 e. The first-order chi connectivity index (χ1) is 15.0. The minimum Gasteiger partial charge on any atom is -0.464 e. The van der Waals surface area contributed by atoms with E-state index >= 15 is 0 Å². The molecule has 0 unspecified atom stereocenters.